The first-order valence-corrected chi connectivity index (χ1v) is 5.70. The maximum absolute atomic E-state index is 11.8. The van der Waals surface area contributed by atoms with Crippen molar-refractivity contribution >= 4 is 35.1 Å². The first kappa shape index (κ1) is 13.3. The number of hydrogen-bond donors (Lipinski definition) is 2. The standard InChI is InChI=1S/C11H9ClN2O5/c12-8-2-6(11(18)19)7(3-13-8)14-4-5(10(16)17)1-9(14)15/h2-3,5H,1,4H2,(H,16,17)(H,18,19). The van der Waals surface area contributed by atoms with Crippen LogP contribution < -0.4 is 4.90 Å². The number of pyridine rings is 1. The zero-order valence-electron chi connectivity index (χ0n) is 9.54. The summed E-state index contributed by atoms with van der Waals surface area (Å²) < 4.78 is 0. The van der Waals surface area contributed by atoms with Crippen molar-refractivity contribution in [2.45, 2.75) is 6.42 Å². The van der Waals surface area contributed by atoms with Gasteiger partial charge in [-0.3, -0.25) is 9.59 Å². The Hall–Kier alpha value is -2.15. The lowest BCUT2D eigenvalue weighted by molar-refractivity contribution is -0.141. The van der Waals surface area contributed by atoms with Gasteiger partial charge in [0.25, 0.3) is 0 Å². The van der Waals surface area contributed by atoms with Crippen molar-refractivity contribution in [1.82, 2.24) is 4.98 Å². The highest BCUT2D eigenvalue weighted by atomic mass is 35.5. The molecular formula is C11H9ClN2O5. The number of carbonyl (C=O) groups is 3. The van der Waals surface area contributed by atoms with Crippen LogP contribution in [-0.2, 0) is 9.59 Å². The Morgan fingerprint density at radius 3 is 2.63 bits per heavy atom. The highest BCUT2D eigenvalue weighted by Gasteiger charge is 2.36. The molecule has 19 heavy (non-hydrogen) atoms. The van der Waals surface area contributed by atoms with Crippen LogP contribution in [0.2, 0.25) is 5.15 Å². The second kappa shape index (κ2) is 4.85. The second-order valence-corrected chi connectivity index (χ2v) is 4.46. The molecule has 1 aliphatic rings. The summed E-state index contributed by atoms with van der Waals surface area (Å²) in [6.07, 6.45) is 1.00. The van der Waals surface area contributed by atoms with Crippen molar-refractivity contribution in [2.75, 3.05) is 11.4 Å². The Kier molecular flexibility index (Phi) is 3.39. The predicted molar refractivity (Wildman–Crippen MR) is 64.3 cm³/mol. The zero-order valence-corrected chi connectivity index (χ0v) is 10.3. The number of amides is 1. The van der Waals surface area contributed by atoms with E-state index in [0.29, 0.717) is 0 Å². The van der Waals surface area contributed by atoms with Gasteiger partial charge in [0.15, 0.2) is 0 Å². The van der Waals surface area contributed by atoms with Gasteiger partial charge in [-0.2, -0.15) is 0 Å². The third-order valence-corrected chi connectivity index (χ3v) is 3.05. The highest BCUT2D eigenvalue weighted by molar-refractivity contribution is 6.29. The molecule has 1 aromatic heterocycles. The molecular weight excluding hydrogens is 276 g/mol. The Labute approximate surface area is 112 Å². The summed E-state index contributed by atoms with van der Waals surface area (Å²) in [5.41, 5.74) is -0.120. The maximum Gasteiger partial charge on any atom is 0.337 e. The lowest BCUT2D eigenvalue weighted by Gasteiger charge is -2.17. The minimum absolute atomic E-state index is 0.0115. The van der Waals surface area contributed by atoms with E-state index in [-0.39, 0.29) is 29.4 Å². The smallest absolute Gasteiger partial charge is 0.337 e. The van der Waals surface area contributed by atoms with Gasteiger partial charge in [-0.1, -0.05) is 11.6 Å². The number of anilines is 1. The lowest BCUT2D eigenvalue weighted by Crippen LogP contribution is -2.27. The largest absolute Gasteiger partial charge is 0.481 e. The van der Waals surface area contributed by atoms with E-state index in [1.54, 1.807) is 0 Å². The average Bonchev–Trinajstić information content (AvgIpc) is 2.71. The minimum atomic E-state index is -1.26. The third-order valence-electron chi connectivity index (χ3n) is 2.85. The molecule has 1 aliphatic heterocycles. The maximum atomic E-state index is 11.8. The number of rotatable bonds is 3. The molecule has 100 valence electrons. The molecule has 8 heteroatoms. The van der Waals surface area contributed by atoms with E-state index in [2.05, 4.69) is 4.98 Å². The lowest BCUT2D eigenvalue weighted by atomic mass is 10.1. The van der Waals surface area contributed by atoms with Crippen molar-refractivity contribution in [1.29, 1.82) is 0 Å². The van der Waals surface area contributed by atoms with Gasteiger partial charge in [-0.25, -0.2) is 9.78 Å². The molecule has 2 heterocycles. The van der Waals surface area contributed by atoms with Crippen LogP contribution in [0.4, 0.5) is 5.69 Å². The Morgan fingerprint density at radius 1 is 1.42 bits per heavy atom. The summed E-state index contributed by atoms with van der Waals surface area (Å²) >= 11 is 5.61. The number of aromatic nitrogens is 1. The van der Waals surface area contributed by atoms with Crippen LogP contribution in [0.1, 0.15) is 16.8 Å². The van der Waals surface area contributed by atoms with E-state index >= 15 is 0 Å². The van der Waals surface area contributed by atoms with E-state index in [9.17, 15) is 14.4 Å². The molecule has 1 saturated heterocycles. The minimum Gasteiger partial charge on any atom is -0.481 e. The first-order valence-electron chi connectivity index (χ1n) is 5.32. The van der Waals surface area contributed by atoms with Gasteiger partial charge < -0.3 is 15.1 Å². The number of carbonyl (C=O) groups excluding carboxylic acids is 1. The van der Waals surface area contributed by atoms with Gasteiger partial charge in [0.2, 0.25) is 5.91 Å². The van der Waals surface area contributed by atoms with Gasteiger partial charge in [0.05, 0.1) is 23.4 Å². The molecule has 1 aromatic rings. The molecule has 7 nitrogen and oxygen atoms in total. The molecule has 0 spiro atoms. The highest BCUT2D eigenvalue weighted by Crippen LogP contribution is 2.29. The number of carboxylic acids is 2. The first-order chi connectivity index (χ1) is 8.90. The quantitative estimate of drug-likeness (QED) is 0.797. The summed E-state index contributed by atoms with van der Waals surface area (Å²) in [4.78, 5) is 38.6. The topological polar surface area (TPSA) is 108 Å². The number of carboxylic acid groups (broad SMARTS) is 2. The molecule has 1 unspecified atom stereocenters. The van der Waals surface area contributed by atoms with Gasteiger partial charge in [-0.05, 0) is 6.07 Å². The zero-order chi connectivity index (χ0) is 14.2. The fraction of sp³-hybridized carbons (Fsp3) is 0.273. The second-order valence-electron chi connectivity index (χ2n) is 4.07. The van der Waals surface area contributed by atoms with Gasteiger partial charge >= 0.3 is 11.9 Å². The fourth-order valence-corrected chi connectivity index (χ4v) is 2.07. The van der Waals surface area contributed by atoms with Crippen molar-refractivity contribution in [3.63, 3.8) is 0 Å². The number of nitrogens with zero attached hydrogens (tertiary/aromatic N) is 2. The Bertz CT molecular complexity index is 574. The third kappa shape index (κ3) is 2.50. The molecule has 0 bridgehead atoms. The monoisotopic (exact) mass is 284 g/mol. The van der Waals surface area contributed by atoms with Crippen LogP contribution in [0.15, 0.2) is 12.3 Å². The Morgan fingerprint density at radius 2 is 2.11 bits per heavy atom. The predicted octanol–water partition coefficient (Wildman–Crippen LogP) is 0.871. The van der Waals surface area contributed by atoms with Crippen molar-refractivity contribution in [3.8, 4) is 0 Å². The molecule has 0 saturated carbocycles. The van der Waals surface area contributed by atoms with E-state index < -0.39 is 23.8 Å². The molecule has 0 aliphatic carbocycles. The van der Waals surface area contributed by atoms with Gasteiger partial charge in [0, 0.05) is 13.0 Å². The summed E-state index contributed by atoms with van der Waals surface area (Å²) in [6, 6.07) is 1.13. The van der Waals surface area contributed by atoms with E-state index in [4.69, 9.17) is 21.8 Å². The normalized spacial score (nSPS) is 18.7. The molecule has 1 amide bonds. The SMILES string of the molecule is O=C(O)c1cc(Cl)ncc1N1CC(C(=O)O)CC1=O. The molecule has 0 aromatic carbocycles. The van der Waals surface area contributed by atoms with Crippen LogP contribution in [0.25, 0.3) is 0 Å². The number of hydrogen-bond acceptors (Lipinski definition) is 4. The van der Waals surface area contributed by atoms with Gasteiger partial charge in [0.1, 0.15) is 5.15 Å². The van der Waals surface area contributed by atoms with Crippen molar-refractivity contribution < 1.29 is 24.6 Å². The van der Waals surface area contributed by atoms with Crippen LogP contribution >= 0.6 is 11.6 Å². The number of aromatic carboxylic acids is 1. The molecule has 1 fully saturated rings. The average molecular weight is 285 g/mol. The van der Waals surface area contributed by atoms with Crippen LogP contribution in [-0.4, -0.2) is 39.6 Å². The van der Waals surface area contributed by atoms with E-state index in [1.807, 2.05) is 0 Å². The Balaban J connectivity index is 2.40. The van der Waals surface area contributed by atoms with Crippen molar-refractivity contribution in [2.24, 2.45) is 5.92 Å². The number of halogens is 1. The molecule has 0 radical (unpaired) electrons. The van der Waals surface area contributed by atoms with E-state index in [1.165, 1.54) is 0 Å². The van der Waals surface area contributed by atoms with Gasteiger partial charge in [-0.15, -0.1) is 0 Å². The molecule has 2 N–H and O–H groups in total. The summed E-state index contributed by atoms with van der Waals surface area (Å²) in [5, 5.41) is 17.9. The van der Waals surface area contributed by atoms with Crippen LogP contribution in [0.3, 0.4) is 0 Å². The summed E-state index contributed by atoms with van der Waals surface area (Å²) in [5.74, 6) is -3.63. The summed E-state index contributed by atoms with van der Waals surface area (Å²) in [6.45, 7) is -0.0717. The van der Waals surface area contributed by atoms with Crippen LogP contribution in [0, 0.1) is 5.92 Å². The van der Waals surface area contributed by atoms with E-state index in [0.717, 1.165) is 17.2 Å². The van der Waals surface area contributed by atoms with Crippen molar-refractivity contribution in [3.05, 3.63) is 23.0 Å². The molecule has 1 atom stereocenters. The summed E-state index contributed by atoms with van der Waals surface area (Å²) in [7, 11) is 0. The fourth-order valence-electron chi connectivity index (χ4n) is 1.91. The van der Waals surface area contributed by atoms with Crippen LogP contribution in [0.5, 0.6) is 0 Å². The molecule has 2 rings (SSSR count). The number of aliphatic carboxylic acids is 1.